The van der Waals surface area contributed by atoms with Crippen molar-refractivity contribution in [2.45, 2.75) is 129 Å². The lowest BCUT2D eigenvalue weighted by Crippen LogP contribution is -2.36. The Morgan fingerprint density at radius 2 is 1.00 bits per heavy atom. The molecular formula is C28H50O4. The van der Waals surface area contributed by atoms with Gasteiger partial charge in [-0.05, 0) is 37.5 Å². The van der Waals surface area contributed by atoms with Gasteiger partial charge in [-0.3, -0.25) is 9.59 Å². The summed E-state index contributed by atoms with van der Waals surface area (Å²) in [5, 5.41) is 0. The van der Waals surface area contributed by atoms with E-state index in [2.05, 4.69) is 13.8 Å². The van der Waals surface area contributed by atoms with Crippen LogP contribution in [0.4, 0.5) is 0 Å². The van der Waals surface area contributed by atoms with Gasteiger partial charge in [0, 0.05) is 0 Å². The highest BCUT2D eigenvalue weighted by molar-refractivity contribution is 5.82. The molecule has 186 valence electrons. The molecule has 0 spiro atoms. The Hall–Kier alpha value is -1.06. The first kappa shape index (κ1) is 27.2. The van der Waals surface area contributed by atoms with Crippen LogP contribution in [0.25, 0.3) is 0 Å². The van der Waals surface area contributed by atoms with Gasteiger partial charge in [-0.25, -0.2) is 0 Å². The summed E-state index contributed by atoms with van der Waals surface area (Å²) in [5.74, 6) is 0.133. The fourth-order valence-corrected chi connectivity index (χ4v) is 5.68. The van der Waals surface area contributed by atoms with Gasteiger partial charge in [0.25, 0.3) is 0 Å². The molecule has 0 N–H and O–H groups in total. The van der Waals surface area contributed by atoms with E-state index in [1.807, 2.05) is 0 Å². The number of hydrogen-bond donors (Lipinski definition) is 0. The lowest BCUT2D eigenvalue weighted by atomic mass is 9.73. The molecule has 0 amide bonds. The van der Waals surface area contributed by atoms with Crippen molar-refractivity contribution in [3.63, 3.8) is 0 Å². The fraction of sp³-hybridized carbons (Fsp3) is 0.929. The van der Waals surface area contributed by atoms with Gasteiger partial charge >= 0.3 is 11.9 Å². The van der Waals surface area contributed by atoms with Crippen LogP contribution in [0.15, 0.2) is 0 Å². The summed E-state index contributed by atoms with van der Waals surface area (Å²) in [5.41, 5.74) is 0. The first-order chi connectivity index (χ1) is 15.7. The maximum Gasteiger partial charge on any atom is 0.309 e. The third kappa shape index (κ3) is 10.3. The zero-order valence-electron chi connectivity index (χ0n) is 21.1. The van der Waals surface area contributed by atoms with Crippen LogP contribution in [0, 0.1) is 23.7 Å². The molecule has 2 fully saturated rings. The molecule has 4 nitrogen and oxygen atoms in total. The first-order valence-corrected chi connectivity index (χ1v) is 14.0. The number of carbonyl (C=O) groups is 2. The normalized spacial score (nSPS) is 19.9. The smallest absolute Gasteiger partial charge is 0.309 e. The molecule has 2 rings (SSSR count). The number of hydrogen-bond acceptors (Lipinski definition) is 4. The van der Waals surface area contributed by atoms with Crippen LogP contribution in [0.5, 0.6) is 0 Å². The molecule has 2 atom stereocenters. The zero-order chi connectivity index (χ0) is 23.0. The molecular weight excluding hydrogens is 400 g/mol. The molecule has 2 aliphatic carbocycles. The number of ether oxygens (including phenoxy) is 2. The van der Waals surface area contributed by atoms with E-state index in [1.54, 1.807) is 0 Å². The minimum absolute atomic E-state index is 0.141. The first-order valence-electron chi connectivity index (χ1n) is 14.0. The van der Waals surface area contributed by atoms with Crippen molar-refractivity contribution in [1.29, 1.82) is 0 Å². The Morgan fingerprint density at radius 3 is 1.34 bits per heavy atom. The molecule has 0 aromatic rings. The topological polar surface area (TPSA) is 52.6 Å². The Labute approximate surface area is 197 Å². The maximum atomic E-state index is 13.3. The van der Waals surface area contributed by atoms with Crippen LogP contribution in [0.3, 0.4) is 0 Å². The third-order valence-corrected chi connectivity index (χ3v) is 7.70. The molecule has 2 saturated carbocycles. The van der Waals surface area contributed by atoms with Crippen LogP contribution < -0.4 is 0 Å². The third-order valence-electron chi connectivity index (χ3n) is 7.70. The molecule has 0 aliphatic heterocycles. The number of carbonyl (C=O) groups excluding carboxylic acids is 2. The molecule has 0 aromatic carbocycles. The average Bonchev–Trinajstić information content (AvgIpc) is 2.83. The van der Waals surface area contributed by atoms with Gasteiger partial charge in [-0.1, -0.05) is 104 Å². The molecule has 0 saturated heterocycles. The van der Waals surface area contributed by atoms with Gasteiger partial charge in [0.15, 0.2) is 0 Å². The molecule has 2 unspecified atom stereocenters. The van der Waals surface area contributed by atoms with E-state index in [1.165, 1.54) is 64.2 Å². The summed E-state index contributed by atoms with van der Waals surface area (Å²) >= 11 is 0. The second kappa shape index (κ2) is 16.5. The summed E-state index contributed by atoms with van der Waals surface area (Å²) < 4.78 is 11.5. The molecule has 32 heavy (non-hydrogen) atoms. The van der Waals surface area contributed by atoms with E-state index >= 15 is 0 Å². The largest absolute Gasteiger partial charge is 0.465 e. The Morgan fingerprint density at radius 1 is 0.625 bits per heavy atom. The number of rotatable bonds is 15. The Bertz CT molecular complexity index is 460. The van der Waals surface area contributed by atoms with Crippen LogP contribution in [-0.4, -0.2) is 25.2 Å². The molecule has 2 aliphatic rings. The summed E-state index contributed by atoms with van der Waals surface area (Å²) in [6.45, 7) is 5.27. The molecule has 0 radical (unpaired) electrons. The standard InChI is InChI=1S/C28H50O4/c1-3-5-13-19-31-27(29)25(21-23-15-9-7-10-16-23)26(22-24-17-11-8-12-18-24)28(30)32-20-14-6-4-2/h23-26H,3-22H2,1-2H3. The van der Waals surface area contributed by atoms with Gasteiger partial charge in [0.1, 0.15) is 0 Å². The van der Waals surface area contributed by atoms with Crippen LogP contribution >= 0.6 is 0 Å². The molecule has 4 heteroatoms. The average molecular weight is 451 g/mol. The van der Waals surface area contributed by atoms with Gasteiger partial charge in [0.2, 0.25) is 0 Å². The van der Waals surface area contributed by atoms with E-state index < -0.39 is 0 Å². The lowest BCUT2D eigenvalue weighted by Gasteiger charge is -2.32. The van der Waals surface area contributed by atoms with E-state index in [9.17, 15) is 9.59 Å². The van der Waals surface area contributed by atoms with Crippen molar-refractivity contribution >= 4 is 11.9 Å². The SMILES string of the molecule is CCCCCOC(=O)C(CC1CCCCC1)C(CC1CCCCC1)C(=O)OCCCCC. The van der Waals surface area contributed by atoms with Crippen molar-refractivity contribution in [1.82, 2.24) is 0 Å². The van der Waals surface area contributed by atoms with Crippen molar-refractivity contribution in [3.05, 3.63) is 0 Å². The van der Waals surface area contributed by atoms with Crippen LogP contribution in [-0.2, 0) is 19.1 Å². The minimum atomic E-state index is -0.333. The summed E-state index contributed by atoms with van der Waals surface area (Å²) in [6.07, 6.45) is 20.1. The second-order valence-electron chi connectivity index (χ2n) is 10.4. The lowest BCUT2D eigenvalue weighted by molar-refractivity contribution is -0.163. The second-order valence-corrected chi connectivity index (χ2v) is 10.4. The number of unbranched alkanes of at least 4 members (excludes halogenated alkanes) is 4. The zero-order valence-corrected chi connectivity index (χ0v) is 21.1. The molecule has 0 heterocycles. The number of esters is 2. The maximum absolute atomic E-state index is 13.3. The van der Waals surface area contributed by atoms with Gasteiger partial charge < -0.3 is 9.47 Å². The summed E-state index contributed by atoms with van der Waals surface area (Å²) in [4.78, 5) is 26.6. The van der Waals surface area contributed by atoms with Crippen molar-refractivity contribution in [2.24, 2.45) is 23.7 Å². The predicted octanol–water partition coefficient (Wildman–Crippen LogP) is 7.63. The van der Waals surface area contributed by atoms with Crippen molar-refractivity contribution < 1.29 is 19.1 Å². The van der Waals surface area contributed by atoms with Gasteiger partial charge in [-0.15, -0.1) is 0 Å². The van der Waals surface area contributed by atoms with E-state index in [-0.39, 0.29) is 23.8 Å². The fourth-order valence-electron chi connectivity index (χ4n) is 5.68. The van der Waals surface area contributed by atoms with Crippen molar-refractivity contribution in [2.75, 3.05) is 13.2 Å². The Kier molecular flexibility index (Phi) is 14.0. The van der Waals surface area contributed by atoms with E-state index in [0.29, 0.717) is 25.0 Å². The predicted molar refractivity (Wildman–Crippen MR) is 130 cm³/mol. The Balaban J connectivity index is 2.10. The molecule has 0 bridgehead atoms. The van der Waals surface area contributed by atoms with E-state index in [4.69, 9.17) is 9.47 Å². The highest BCUT2D eigenvalue weighted by Crippen LogP contribution is 2.38. The summed E-state index contributed by atoms with van der Waals surface area (Å²) in [6, 6.07) is 0. The van der Waals surface area contributed by atoms with Gasteiger partial charge in [-0.2, -0.15) is 0 Å². The molecule has 0 aromatic heterocycles. The summed E-state index contributed by atoms with van der Waals surface area (Å²) in [7, 11) is 0. The highest BCUT2D eigenvalue weighted by Gasteiger charge is 2.39. The monoisotopic (exact) mass is 450 g/mol. The van der Waals surface area contributed by atoms with Crippen LogP contribution in [0.2, 0.25) is 0 Å². The minimum Gasteiger partial charge on any atom is -0.465 e. The van der Waals surface area contributed by atoms with Crippen LogP contribution in [0.1, 0.15) is 129 Å². The van der Waals surface area contributed by atoms with E-state index in [0.717, 1.165) is 51.4 Å². The quantitative estimate of drug-likeness (QED) is 0.190. The van der Waals surface area contributed by atoms with Crippen molar-refractivity contribution in [3.8, 4) is 0 Å². The van der Waals surface area contributed by atoms with Gasteiger partial charge in [0.05, 0.1) is 25.0 Å². The highest BCUT2D eigenvalue weighted by atomic mass is 16.5.